The smallest absolute Gasteiger partial charge is 0.496 e. The number of hydrogen-bond donors (Lipinski definition) is 1. The molecule has 1 aromatic carbocycles. The minimum absolute atomic E-state index is 0.375. The molecule has 0 unspecified atom stereocenters. The summed E-state index contributed by atoms with van der Waals surface area (Å²) < 4.78 is 38.5. The maximum Gasteiger partial charge on any atom is 0.500 e. The van der Waals surface area contributed by atoms with E-state index in [1.54, 1.807) is 19.3 Å². The van der Waals surface area contributed by atoms with E-state index in [4.69, 9.17) is 27.5 Å². The second-order valence-electron chi connectivity index (χ2n) is 8.17. The van der Waals surface area contributed by atoms with Gasteiger partial charge in [0.25, 0.3) is 0 Å². The molecule has 0 atom stereocenters. The van der Waals surface area contributed by atoms with Gasteiger partial charge in [0.1, 0.15) is 11.5 Å². The van der Waals surface area contributed by atoms with Crippen molar-refractivity contribution in [1.82, 2.24) is 5.32 Å². The molecule has 216 valence electrons. The lowest BCUT2D eigenvalue weighted by atomic mass is 10.1. The molecule has 0 radical (unpaired) electrons. The maximum absolute atomic E-state index is 11.9. The SMILES string of the molecule is CCO[Si](CCCNC(=O)OCCCCCCOc1ccc(/C=C/C(=O)OC)c(OC)c1)(OCC)OCC. The van der Waals surface area contributed by atoms with E-state index < -0.39 is 20.9 Å². The van der Waals surface area contributed by atoms with Crippen molar-refractivity contribution >= 4 is 26.9 Å². The lowest BCUT2D eigenvalue weighted by Crippen LogP contribution is -2.46. The Labute approximate surface area is 228 Å². The predicted octanol–water partition coefficient (Wildman–Crippen LogP) is 4.99. The van der Waals surface area contributed by atoms with E-state index in [0.29, 0.717) is 63.5 Å². The van der Waals surface area contributed by atoms with Crippen molar-refractivity contribution in [3.05, 3.63) is 29.8 Å². The van der Waals surface area contributed by atoms with Crippen molar-refractivity contribution < 1.29 is 41.8 Å². The first-order valence-electron chi connectivity index (χ1n) is 13.3. The molecule has 0 aliphatic heterocycles. The van der Waals surface area contributed by atoms with Crippen LogP contribution in [0, 0.1) is 0 Å². The van der Waals surface area contributed by atoms with Crippen molar-refractivity contribution in [2.24, 2.45) is 0 Å². The van der Waals surface area contributed by atoms with Gasteiger partial charge in [-0.15, -0.1) is 0 Å². The van der Waals surface area contributed by atoms with Crippen LogP contribution < -0.4 is 14.8 Å². The lowest BCUT2D eigenvalue weighted by Gasteiger charge is -2.28. The summed E-state index contributed by atoms with van der Waals surface area (Å²) in [5.74, 6) is 0.873. The van der Waals surface area contributed by atoms with Crippen LogP contribution in [0.4, 0.5) is 4.79 Å². The summed E-state index contributed by atoms with van der Waals surface area (Å²) in [5, 5.41) is 2.78. The van der Waals surface area contributed by atoms with Crippen molar-refractivity contribution in [2.75, 3.05) is 53.8 Å². The van der Waals surface area contributed by atoms with Gasteiger partial charge in [-0.05, 0) is 71.1 Å². The summed E-state index contributed by atoms with van der Waals surface area (Å²) in [4.78, 5) is 23.2. The molecule has 10 nitrogen and oxygen atoms in total. The molecule has 0 bridgehead atoms. The monoisotopic (exact) mass is 555 g/mol. The van der Waals surface area contributed by atoms with E-state index in [9.17, 15) is 9.59 Å². The summed E-state index contributed by atoms with van der Waals surface area (Å²) in [6.07, 6.45) is 6.82. The number of alkyl carbamates (subject to hydrolysis) is 1. The number of amides is 1. The highest BCUT2D eigenvalue weighted by atomic mass is 28.4. The molecule has 11 heteroatoms. The predicted molar refractivity (Wildman–Crippen MR) is 147 cm³/mol. The van der Waals surface area contributed by atoms with Crippen molar-refractivity contribution in [3.63, 3.8) is 0 Å². The molecular weight excluding hydrogens is 510 g/mol. The standard InChI is InChI=1S/C27H45NO9Si/c1-6-35-38(36-7-2,37-8-3)21-13-18-28-27(30)34-20-12-10-9-11-19-33-24-16-14-23(25(22-24)31-4)15-17-26(29)32-5/h14-17,22H,6-13,18-21H2,1-5H3,(H,28,30)/b17-15+. The Morgan fingerprint density at radius 2 is 1.55 bits per heavy atom. The molecule has 0 fully saturated rings. The molecule has 0 aliphatic rings. The molecule has 0 saturated carbocycles. The van der Waals surface area contributed by atoms with Crippen LogP contribution in [0.1, 0.15) is 58.4 Å². The van der Waals surface area contributed by atoms with Gasteiger partial charge in [-0.3, -0.25) is 0 Å². The molecule has 1 rings (SSSR count). The number of carbonyl (C=O) groups is 2. The molecule has 0 spiro atoms. The minimum atomic E-state index is -2.68. The lowest BCUT2D eigenvalue weighted by molar-refractivity contribution is -0.134. The van der Waals surface area contributed by atoms with Crippen LogP contribution in [0.5, 0.6) is 11.5 Å². The highest BCUT2D eigenvalue weighted by Crippen LogP contribution is 2.26. The average molecular weight is 556 g/mol. The zero-order chi connectivity index (χ0) is 28.1. The molecule has 1 aromatic rings. The highest BCUT2D eigenvalue weighted by Gasteiger charge is 2.39. The van der Waals surface area contributed by atoms with E-state index in [1.807, 2.05) is 32.9 Å². The molecule has 0 heterocycles. The zero-order valence-corrected chi connectivity index (χ0v) is 24.5. The van der Waals surface area contributed by atoms with Gasteiger partial charge in [0.05, 0.1) is 27.4 Å². The van der Waals surface area contributed by atoms with Gasteiger partial charge in [-0.2, -0.15) is 0 Å². The fourth-order valence-electron chi connectivity index (χ4n) is 3.60. The summed E-state index contributed by atoms with van der Waals surface area (Å²) in [7, 11) is 0.216. The highest BCUT2D eigenvalue weighted by molar-refractivity contribution is 6.60. The van der Waals surface area contributed by atoms with Crippen LogP contribution >= 0.6 is 0 Å². The van der Waals surface area contributed by atoms with Gasteiger partial charge in [0, 0.05) is 50.1 Å². The number of unbranched alkanes of at least 4 members (excludes halogenated alkanes) is 3. The normalized spacial score (nSPS) is 11.4. The fraction of sp³-hybridized carbons (Fsp3) is 0.630. The van der Waals surface area contributed by atoms with Crippen molar-refractivity contribution in [2.45, 2.75) is 58.9 Å². The topological polar surface area (TPSA) is 111 Å². The number of ether oxygens (including phenoxy) is 4. The van der Waals surface area contributed by atoms with Crippen LogP contribution in [0.3, 0.4) is 0 Å². The second-order valence-corrected chi connectivity index (χ2v) is 10.9. The van der Waals surface area contributed by atoms with Crippen molar-refractivity contribution in [1.29, 1.82) is 0 Å². The van der Waals surface area contributed by atoms with E-state index in [-0.39, 0.29) is 0 Å². The Kier molecular flexibility index (Phi) is 17.9. The molecular formula is C27H45NO9Si. The summed E-state index contributed by atoms with van der Waals surface area (Å²) in [6, 6.07) is 6.09. The quantitative estimate of drug-likeness (QED) is 0.0971. The van der Waals surface area contributed by atoms with Gasteiger partial charge < -0.3 is 37.5 Å². The van der Waals surface area contributed by atoms with E-state index in [0.717, 1.165) is 31.2 Å². The average Bonchev–Trinajstić information content (AvgIpc) is 2.91. The molecule has 1 N–H and O–H groups in total. The van der Waals surface area contributed by atoms with Gasteiger partial charge >= 0.3 is 20.9 Å². The van der Waals surface area contributed by atoms with E-state index in [2.05, 4.69) is 10.1 Å². The zero-order valence-electron chi connectivity index (χ0n) is 23.5. The Hall–Kier alpha value is -2.60. The largest absolute Gasteiger partial charge is 0.500 e. The number of rotatable bonds is 21. The first kappa shape index (κ1) is 33.4. The molecule has 38 heavy (non-hydrogen) atoms. The number of hydrogen-bond acceptors (Lipinski definition) is 9. The molecule has 0 aliphatic carbocycles. The van der Waals surface area contributed by atoms with Gasteiger partial charge in [0.15, 0.2) is 0 Å². The third kappa shape index (κ3) is 13.8. The first-order chi connectivity index (χ1) is 18.4. The molecule has 0 saturated heterocycles. The first-order valence-corrected chi connectivity index (χ1v) is 15.3. The minimum Gasteiger partial charge on any atom is -0.496 e. The number of carbonyl (C=O) groups excluding carboxylic acids is 2. The summed E-state index contributed by atoms with van der Waals surface area (Å²) in [5.41, 5.74) is 0.755. The number of benzene rings is 1. The van der Waals surface area contributed by atoms with Crippen LogP contribution in [-0.4, -0.2) is 74.7 Å². The van der Waals surface area contributed by atoms with Crippen molar-refractivity contribution in [3.8, 4) is 11.5 Å². The van der Waals surface area contributed by atoms with E-state index in [1.165, 1.54) is 13.2 Å². The van der Waals surface area contributed by atoms with Crippen LogP contribution in [-0.2, 0) is 27.5 Å². The van der Waals surface area contributed by atoms with E-state index >= 15 is 0 Å². The Morgan fingerprint density at radius 3 is 2.16 bits per heavy atom. The number of nitrogens with one attached hydrogen (secondary N) is 1. The van der Waals surface area contributed by atoms with Gasteiger partial charge in [-0.25, -0.2) is 9.59 Å². The fourth-order valence-corrected chi connectivity index (χ4v) is 6.22. The Bertz CT molecular complexity index is 818. The van der Waals surface area contributed by atoms with Crippen LogP contribution in [0.15, 0.2) is 24.3 Å². The Morgan fingerprint density at radius 1 is 0.895 bits per heavy atom. The third-order valence-corrected chi connectivity index (χ3v) is 8.52. The summed E-state index contributed by atoms with van der Waals surface area (Å²) >= 11 is 0. The summed E-state index contributed by atoms with van der Waals surface area (Å²) in [6.45, 7) is 8.80. The number of esters is 1. The molecule has 0 aromatic heterocycles. The van der Waals surface area contributed by atoms with Crippen LogP contribution in [0.25, 0.3) is 6.08 Å². The third-order valence-electron chi connectivity index (χ3n) is 5.37. The van der Waals surface area contributed by atoms with Gasteiger partial charge in [-0.1, -0.05) is 0 Å². The Balaban J connectivity index is 2.18. The van der Waals surface area contributed by atoms with Crippen LogP contribution in [0.2, 0.25) is 6.04 Å². The molecule has 1 amide bonds. The maximum atomic E-state index is 11.9. The van der Waals surface area contributed by atoms with Gasteiger partial charge in [0.2, 0.25) is 0 Å². The number of methoxy groups -OCH3 is 2. The second kappa shape index (κ2) is 20.4.